The summed E-state index contributed by atoms with van der Waals surface area (Å²) < 4.78 is 0. The zero-order valence-electron chi connectivity index (χ0n) is 19.3. The van der Waals surface area contributed by atoms with E-state index in [4.69, 9.17) is 10.6 Å². The number of nitrogens with zero attached hydrogens (tertiary/aromatic N) is 7. The van der Waals surface area contributed by atoms with Crippen LogP contribution in [0.3, 0.4) is 0 Å². The van der Waals surface area contributed by atoms with Crippen LogP contribution in [-0.4, -0.2) is 90.3 Å². The number of carbonyl (C=O) groups excluding carboxylic acids is 3. The largest absolute Gasteiger partial charge is 1.00 e. The molecule has 1 saturated heterocycles. The first-order valence-corrected chi connectivity index (χ1v) is 12.9. The van der Waals surface area contributed by atoms with Crippen molar-refractivity contribution < 1.29 is 53.9 Å². The monoisotopic (exact) mass is 562 g/mol. The number of rotatable bonds is 10. The topological polar surface area (TPSA) is 206 Å². The maximum absolute atomic E-state index is 12.9. The Morgan fingerprint density at radius 1 is 1.44 bits per heavy atom. The van der Waals surface area contributed by atoms with E-state index in [1.807, 2.05) is 6.92 Å². The minimum Gasteiger partial charge on any atom is -0.543 e. The number of nitrogens with one attached hydrogen (secondary N) is 2. The number of carboxylic acids is 1. The number of carbonyl (C=O) groups is 3. The molecule has 4 rings (SSSR count). The second kappa shape index (κ2) is 12.2. The number of tetrazole rings is 1. The number of nitrogen functional groups attached to an aromatic ring is 1. The van der Waals surface area contributed by atoms with E-state index in [1.54, 1.807) is 0 Å². The van der Waals surface area contributed by atoms with Crippen molar-refractivity contribution in [3.63, 3.8) is 0 Å². The average Bonchev–Trinajstić information content (AvgIpc) is 3.47. The van der Waals surface area contributed by atoms with Crippen LogP contribution in [0.15, 0.2) is 27.0 Å². The Kier molecular flexibility index (Phi) is 9.59. The molecule has 4 heterocycles. The zero-order valence-corrected chi connectivity index (χ0v) is 23.8. The van der Waals surface area contributed by atoms with Gasteiger partial charge in [-0.15, -0.1) is 27.9 Å². The number of oxime groups is 1. The number of hydrogen-bond acceptors (Lipinski definition) is 15. The summed E-state index contributed by atoms with van der Waals surface area (Å²) >= 11 is 3.66. The number of fused-ring (bicyclic) bond motifs is 1. The van der Waals surface area contributed by atoms with Gasteiger partial charge in [0.15, 0.2) is 10.8 Å². The Morgan fingerprint density at radius 3 is 2.86 bits per heavy atom. The van der Waals surface area contributed by atoms with Crippen molar-refractivity contribution in [1.82, 2.24) is 35.5 Å². The van der Waals surface area contributed by atoms with Gasteiger partial charge in [0.1, 0.15) is 24.2 Å². The standard InChI is InChI=1S/C17H20N10O5S3.Na/c1-3-19-27-17(22-24-25-27)35-5-7-4-33-14-10(13(29)26(14)11(7)15(30)31)21-12(28)9(23-32-2)8-6-34-16(18)20-8;/h6,10,14,19H,3-5H2,1-2H3,(H2,18,20)(H,21,28)(H,30,31);/q;+1/p-1/b23-9-;/t10-,14+;/m1./s1. The summed E-state index contributed by atoms with van der Waals surface area (Å²) in [6.07, 6.45) is 0. The molecule has 0 bridgehead atoms. The van der Waals surface area contributed by atoms with E-state index in [1.165, 1.54) is 40.8 Å². The molecule has 0 unspecified atom stereocenters. The molecule has 2 aliphatic rings. The number of amides is 2. The van der Waals surface area contributed by atoms with Crippen LogP contribution in [0, 0.1) is 0 Å². The number of β-lactam (4-membered cyclic amide) rings is 1. The number of hydrogen-bond donors (Lipinski definition) is 3. The first-order chi connectivity index (χ1) is 16.8. The molecule has 186 valence electrons. The molecule has 0 spiro atoms. The SMILES string of the molecule is CCNn1nnnc1SCC1=C(C(=O)[O-])N2C(=O)[C@@H](NC(=O)/C(=N\OC)c3csc(N)n3)[C@@H]2SC1.[Na+]. The molecule has 19 heteroatoms. The van der Waals surface area contributed by atoms with Crippen LogP contribution in [0.4, 0.5) is 5.13 Å². The average molecular weight is 563 g/mol. The van der Waals surface area contributed by atoms with Crippen molar-refractivity contribution in [2.45, 2.75) is 23.5 Å². The molecule has 0 aliphatic carbocycles. The molecule has 4 N–H and O–H groups in total. The fourth-order valence-corrected chi connectivity index (χ4v) is 6.24. The molecule has 1 fully saturated rings. The van der Waals surface area contributed by atoms with E-state index in [9.17, 15) is 19.5 Å². The number of anilines is 1. The molecule has 0 radical (unpaired) electrons. The predicted molar refractivity (Wildman–Crippen MR) is 126 cm³/mol. The first-order valence-electron chi connectivity index (χ1n) is 10.0. The van der Waals surface area contributed by atoms with Crippen LogP contribution in [0.25, 0.3) is 0 Å². The van der Waals surface area contributed by atoms with Gasteiger partial charge in [-0.25, -0.2) is 4.98 Å². The van der Waals surface area contributed by atoms with Crippen molar-refractivity contribution in [2.24, 2.45) is 5.16 Å². The summed E-state index contributed by atoms with van der Waals surface area (Å²) in [5.41, 5.74) is 8.89. The molecule has 2 aromatic rings. The maximum atomic E-state index is 12.9. The predicted octanol–water partition coefficient (Wildman–Crippen LogP) is -5.17. The Hall–Kier alpha value is -2.38. The van der Waals surface area contributed by atoms with E-state index in [0.29, 0.717) is 23.0 Å². The summed E-state index contributed by atoms with van der Waals surface area (Å²) in [4.78, 5) is 48.9. The van der Waals surface area contributed by atoms with Gasteiger partial charge in [-0.3, -0.25) is 14.5 Å². The molecular weight excluding hydrogens is 543 g/mol. The summed E-state index contributed by atoms with van der Waals surface area (Å²) in [5.74, 6) is -2.22. The van der Waals surface area contributed by atoms with Gasteiger partial charge in [0, 0.05) is 23.4 Å². The number of aliphatic carboxylic acids is 1. The van der Waals surface area contributed by atoms with Crippen LogP contribution < -0.4 is 51.1 Å². The molecule has 2 aromatic heterocycles. The van der Waals surface area contributed by atoms with Gasteiger partial charge in [0.25, 0.3) is 11.8 Å². The number of aromatic nitrogens is 5. The van der Waals surface area contributed by atoms with Gasteiger partial charge in [0.05, 0.1) is 11.7 Å². The number of carboxylic acid groups (broad SMARTS) is 1. The summed E-state index contributed by atoms with van der Waals surface area (Å²) in [7, 11) is 1.27. The first kappa shape index (κ1) is 28.2. The summed E-state index contributed by atoms with van der Waals surface area (Å²) in [5, 5.41) is 31.1. The van der Waals surface area contributed by atoms with Gasteiger partial charge < -0.3 is 31.2 Å². The van der Waals surface area contributed by atoms with Crippen molar-refractivity contribution in [1.29, 1.82) is 0 Å². The van der Waals surface area contributed by atoms with Crippen molar-refractivity contribution in [3.05, 3.63) is 22.3 Å². The van der Waals surface area contributed by atoms with Crippen molar-refractivity contribution in [2.75, 3.05) is 36.3 Å². The normalized spacial score (nSPS) is 19.2. The molecule has 0 aromatic carbocycles. The van der Waals surface area contributed by atoms with Crippen LogP contribution in [0.5, 0.6) is 0 Å². The number of thiazole rings is 1. The third-order valence-electron chi connectivity index (χ3n) is 4.81. The van der Waals surface area contributed by atoms with E-state index < -0.39 is 29.2 Å². The Labute approximate surface area is 238 Å². The molecule has 2 amide bonds. The van der Waals surface area contributed by atoms with E-state index in [-0.39, 0.29) is 57.5 Å². The van der Waals surface area contributed by atoms with E-state index >= 15 is 0 Å². The van der Waals surface area contributed by atoms with Crippen molar-refractivity contribution in [3.8, 4) is 0 Å². The minimum absolute atomic E-state index is 0. The van der Waals surface area contributed by atoms with Crippen LogP contribution in [0.1, 0.15) is 12.6 Å². The maximum Gasteiger partial charge on any atom is 1.00 e. The zero-order chi connectivity index (χ0) is 25.1. The third kappa shape index (κ3) is 5.62. The van der Waals surface area contributed by atoms with E-state index in [2.05, 4.69) is 36.4 Å². The molecule has 2 aliphatic heterocycles. The second-order valence-electron chi connectivity index (χ2n) is 6.97. The minimum atomic E-state index is -1.48. The molecular formula is C17H19N10NaO5S3. The van der Waals surface area contributed by atoms with Gasteiger partial charge >= 0.3 is 29.6 Å². The number of nitrogens with two attached hydrogens (primary N) is 1. The molecule has 36 heavy (non-hydrogen) atoms. The number of thioether (sulfide) groups is 2. The molecule has 15 nitrogen and oxygen atoms in total. The fourth-order valence-electron chi connectivity index (χ4n) is 3.35. The van der Waals surface area contributed by atoms with Crippen molar-refractivity contribution >= 4 is 63.5 Å². The summed E-state index contributed by atoms with van der Waals surface area (Å²) in [6.45, 7) is 2.47. The second-order valence-corrected chi connectivity index (χ2v) is 9.90. The smallest absolute Gasteiger partial charge is 0.543 e. The Morgan fingerprint density at radius 2 is 2.22 bits per heavy atom. The van der Waals surface area contributed by atoms with Crippen LogP contribution >= 0.6 is 34.9 Å². The van der Waals surface area contributed by atoms with Gasteiger partial charge in [-0.05, 0) is 22.9 Å². The summed E-state index contributed by atoms with van der Waals surface area (Å²) in [6, 6.07) is -0.963. The molecule has 0 saturated carbocycles. The molecule has 2 atom stereocenters. The van der Waals surface area contributed by atoms with Gasteiger partial charge in [-0.1, -0.05) is 22.0 Å². The van der Waals surface area contributed by atoms with Crippen LogP contribution in [0.2, 0.25) is 0 Å². The quantitative estimate of drug-likeness (QED) is 0.0815. The Bertz CT molecular complexity index is 1220. The Balaban J connectivity index is 0.00000361. The van der Waals surface area contributed by atoms with E-state index in [0.717, 1.165) is 16.2 Å². The third-order valence-corrected chi connectivity index (χ3v) is 7.83. The van der Waals surface area contributed by atoms with Crippen LogP contribution in [-0.2, 0) is 19.2 Å². The van der Waals surface area contributed by atoms with Gasteiger partial charge in [0.2, 0.25) is 5.16 Å². The fraction of sp³-hybridized carbons (Fsp3) is 0.412. The van der Waals surface area contributed by atoms with Gasteiger partial charge in [-0.2, -0.15) is 0 Å².